The zero-order chi connectivity index (χ0) is 23.5. The normalized spacial score (nSPS) is 22.2. The van der Waals surface area contributed by atoms with Crippen molar-refractivity contribution in [3.8, 4) is 29.7 Å². The molecule has 0 aromatic heterocycles. The Labute approximate surface area is 189 Å². The predicted molar refractivity (Wildman–Crippen MR) is 120 cm³/mol. The molecule has 0 fully saturated rings. The lowest BCUT2D eigenvalue weighted by Gasteiger charge is -2.45. The van der Waals surface area contributed by atoms with Crippen molar-refractivity contribution in [2.45, 2.75) is 39.2 Å². The minimum Gasteiger partial charge on any atom is -0.493 e. The Balaban J connectivity index is 2.24. The fourth-order valence-corrected chi connectivity index (χ4v) is 4.84. The van der Waals surface area contributed by atoms with Gasteiger partial charge >= 0.3 is 0 Å². The zero-order valence-corrected chi connectivity index (χ0v) is 19.1. The van der Waals surface area contributed by atoms with E-state index in [1.807, 2.05) is 38.1 Å². The summed E-state index contributed by atoms with van der Waals surface area (Å²) in [6.07, 6.45) is 2.98. The lowest BCUT2D eigenvalue weighted by molar-refractivity contribution is 0.206. The molecular weight excluding hydrogens is 402 g/mol. The van der Waals surface area contributed by atoms with Gasteiger partial charge in [-0.05, 0) is 50.1 Å². The Kier molecular flexibility index (Phi) is 6.78. The number of ether oxygens (including phenoxy) is 2. The maximum Gasteiger partial charge on any atom is 0.191 e. The zero-order valence-electron chi connectivity index (χ0n) is 19.1. The van der Waals surface area contributed by atoms with Gasteiger partial charge in [-0.25, -0.2) is 0 Å². The highest BCUT2D eigenvalue weighted by molar-refractivity contribution is 5.60. The van der Waals surface area contributed by atoms with E-state index in [9.17, 15) is 15.8 Å². The lowest BCUT2D eigenvalue weighted by Crippen LogP contribution is -2.48. The Morgan fingerprint density at radius 2 is 1.94 bits per heavy atom. The molecule has 2 N–H and O–H groups in total. The van der Waals surface area contributed by atoms with E-state index in [0.29, 0.717) is 24.6 Å². The van der Waals surface area contributed by atoms with Crippen molar-refractivity contribution in [3.63, 3.8) is 0 Å². The Hall–Kier alpha value is -3.47. The second-order valence-electron chi connectivity index (χ2n) is 8.51. The van der Waals surface area contributed by atoms with Crippen LogP contribution in [0.3, 0.4) is 0 Å². The average Bonchev–Trinajstić information content (AvgIpc) is 2.79. The number of allylic oxidation sites excluding steroid dienone is 2. The van der Waals surface area contributed by atoms with Gasteiger partial charge in [-0.2, -0.15) is 15.8 Å². The first-order chi connectivity index (χ1) is 15.4. The summed E-state index contributed by atoms with van der Waals surface area (Å²) in [6.45, 7) is 8.22. The quantitative estimate of drug-likeness (QED) is 0.730. The number of fused-ring (bicyclic) bond motifs is 1. The van der Waals surface area contributed by atoms with E-state index < -0.39 is 11.3 Å². The number of rotatable bonds is 6. The molecule has 2 aliphatic rings. The predicted octanol–water partition coefficient (Wildman–Crippen LogP) is 3.62. The molecule has 7 nitrogen and oxygen atoms in total. The van der Waals surface area contributed by atoms with Crippen LogP contribution in [-0.4, -0.2) is 37.7 Å². The van der Waals surface area contributed by atoms with Gasteiger partial charge in [-0.3, -0.25) is 4.90 Å². The Morgan fingerprint density at radius 3 is 2.50 bits per heavy atom. The van der Waals surface area contributed by atoms with Crippen LogP contribution in [-0.2, 0) is 0 Å². The Morgan fingerprint density at radius 1 is 1.22 bits per heavy atom. The molecule has 1 aromatic carbocycles. The summed E-state index contributed by atoms with van der Waals surface area (Å²) in [5.41, 5.74) is 6.60. The second-order valence-corrected chi connectivity index (χ2v) is 8.51. The van der Waals surface area contributed by atoms with E-state index in [1.165, 1.54) is 0 Å². The van der Waals surface area contributed by atoms with E-state index in [1.54, 1.807) is 7.11 Å². The van der Waals surface area contributed by atoms with Gasteiger partial charge in [0.25, 0.3) is 0 Å². The molecule has 0 spiro atoms. The molecule has 0 radical (unpaired) electrons. The first-order valence-electron chi connectivity index (χ1n) is 10.9. The van der Waals surface area contributed by atoms with Crippen LogP contribution in [0.4, 0.5) is 0 Å². The number of hydrogen-bond donors (Lipinski definition) is 1. The van der Waals surface area contributed by atoms with Gasteiger partial charge in [0.1, 0.15) is 6.07 Å². The van der Waals surface area contributed by atoms with Gasteiger partial charge in [0.2, 0.25) is 0 Å². The molecule has 0 saturated carbocycles. The first kappa shape index (κ1) is 23.2. The third-order valence-electron chi connectivity index (χ3n) is 6.19. The van der Waals surface area contributed by atoms with Crippen LogP contribution in [0.15, 0.2) is 41.1 Å². The smallest absolute Gasteiger partial charge is 0.191 e. The summed E-state index contributed by atoms with van der Waals surface area (Å²) in [5, 5.41) is 30.3. The van der Waals surface area contributed by atoms with Gasteiger partial charge in [0, 0.05) is 24.9 Å². The van der Waals surface area contributed by atoms with Crippen LogP contribution < -0.4 is 15.2 Å². The molecule has 1 aliphatic heterocycles. The molecule has 0 bridgehead atoms. The highest BCUT2D eigenvalue weighted by atomic mass is 16.5. The topological polar surface area (TPSA) is 119 Å². The summed E-state index contributed by atoms with van der Waals surface area (Å²) in [4.78, 5) is 2.28. The number of nitrogens with two attached hydrogens (primary N) is 1. The van der Waals surface area contributed by atoms with Crippen LogP contribution in [0.1, 0.15) is 38.7 Å². The molecule has 1 aliphatic carbocycles. The van der Waals surface area contributed by atoms with Crippen molar-refractivity contribution in [2.75, 3.05) is 26.7 Å². The highest BCUT2D eigenvalue weighted by Crippen LogP contribution is 2.54. The average molecular weight is 432 g/mol. The highest BCUT2D eigenvalue weighted by Gasteiger charge is 2.54. The first-order valence-corrected chi connectivity index (χ1v) is 10.9. The maximum atomic E-state index is 10.2. The summed E-state index contributed by atoms with van der Waals surface area (Å²) >= 11 is 0. The summed E-state index contributed by atoms with van der Waals surface area (Å²) < 4.78 is 11.4. The van der Waals surface area contributed by atoms with Crippen LogP contribution in [0.2, 0.25) is 0 Å². The molecule has 0 amide bonds. The largest absolute Gasteiger partial charge is 0.493 e. The second kappa shape index (κ2) is 9.35. The minimum atomic E-state index is -1.66. The van der Waals surface area contributed by atoms with E-state index in [0.717, 1.165) is 24.1 Å². The number of hydrogen-bond acceptors (Lipinski definition) is 7. The molecule has 32 heavy (non-hydrogen) atoms. The van der Waals surface area contributed by atoms with Crippen LogP contribution in [0, 0.1) is 45.3 Å². The van der Waals surface area contributed by atoms with Crippen LogP contribution in [0.5, 0.6) is 11.5 Å². The summed E-state index contributed by atoms with van der Waals surface area (Å²) in [6, 6.07) is 12.0. The summed E-state index contributed by atoms with van der Waals surface area (Å²) in [7, 11) is 1.56. The Bertz CT molecular complexity index is 1050. The van der Waals surface area contributed by atoms with Gasteiger partial charge in [0.05, 0.1) is 36.6 Å². The van der Waals surface area contributed by atoms with Crippen molar-refractivity contribution < 1.29 is 9.47 Å². The summed E-state index contributed by atoms with van der Waals surface area (Å²) in [5.74, 6) is 0.344. The fourth-order valence-electron chi connectivity index (χ4n) is 4.84. The van der Waals surface area contributed by atoms with Gasteiger partial charge < -0.3 is 15.2 Å². The molecule has 1 aromatic rings. The minimum absolute atomic E-state index is 0.0305. The van der Waals surface area contributed by atoms with Gasteiger partial charge in [-0.15, -0.1) is 0 Å². The molecule has 166 valence electrons. The molecular formula is C25H29N5O2. The molecule has 1 heterocycles. The number of nitriles is 3. The van der Waals surface area contributed by atoms with Crippen molar-refractivity contribution in [3.05, 3.63) is 46.7 Å². The molecule has 3 rings (SSSR count). The van der Waals surface area contributed by atoms with Crippen molar-refractivity contribution in [2.24, 2.45) is 17.1 Å². The fraction of sp³-hybridized carbons (Fsp3) is 0.480. The van der Waals surface area contributed by atoms with Crippen molar-refractivity contribution >= 4 is 0 Å². The number of nitrogens with zero attached hydrogens (tertiary/aromatic N) is 4. The van der Waals surface area contributed by atoms with Crippen molar-refractivity contribution in [1.29, 1.82) is 15.8 Å². The lowest BCUT2D eigenvalue weighted by atomic mass is 9.58. The number of benzene rings is 1. The SMILES string of the molecule is CCCN1CC=C2C(C#N)=C(N)C(C#N)(C#N)C(c3ccc(OC(C)C)c(OC)c3)C2C1. The molecule has 0 saturated heterocycles. The van der Waals surface area contributed by atoms with E-state index in [2.05, 4.69) is 30.0 Å². The van der Waals surface area contributed by atoms with Gasteiger partial charge in [0.15, 0.2) is 16.9 Å². The molecule has 2 atom stereocenters. The molecule has 7 heteroatoms. The van der Waals surface area contributed by atoms with E-state index in [-0.39, 0.29) is 23.3 Å². The van der Waals surface area contributed by atoms with Gasteiger partial charge in [-0.1, -0.05) is 19.1 Å². The van der Waals surface area contributed by atoms with Crippen molar-refractivity contribution in [1.82, 2.24) is 4.90 Å². The van der Waals surface area contributed by atoms with E-state index in [4.69, 9.17) is 15.2 Å². The monoisotopic (exact) mass is 431 g/mol. The third kappa shape index (κ3) is 3.79. The standard InChI is InChI=1S/C25H29N5O2/c1-5-9-30-10-8-18-19(12-26)24(29)25(14-27,15-28)23(20(18)13-30)17-6-7-21(32-16(2)3)22(11-17)31-4/h6-8,11,16,20,23H,5,9-10,13,29H2,1-4H3. The number of methoxy groups -OCH3 is 1. The van der Waals surface area contributed by atoms with Crippen LogP contribution in [0.25, 0.3) is 0 Å². The maximum absolute atomic E-state index is 10.2. The van der Waals surface area contributed by atoms with E-state index >= 15 is 0 Å². The van der Waals surface area contributed by atoms with Crippen LogP contribution >= 0.6 is 0 Å². The third-order valence-corrected chi connectivity index (χ3v) is 6.19. The molecule has 2 unspecified atom stereocenters.